The third-order valence-corrected chi connectivity index (χ3v) is 6.37. The fraction of sp³-hybridized carbons (Fsp3) is 0.0741. The van der Waals surface area contributed by atoms with E-state index in [1.54, 1.807) is 12.1 Å². The topological polar surface area (TPSA) is 48.0 Å². The molecule has 32 heavy (non-hydrogen) atoms. The fourth-order valence-corrected chi connectivity index (χ4v) is 4.92. The number of nitrogens with zero attached hydrogens (tertiary/aromatic N) is 1. The van der Waals surface area contributed by atoms with Gasteiger partial charge in [-0.15, -0.1) is 0 Å². The molecule has 0 aliphatic heterocycles. The zero-order chi connectivity index (χ0) is 22.4. The van der Waals surface area contributed by atoms with Crippen molar-refractivity contribution in [2.24, 2.45) is 5.73 Å². The molecule has 0 aliphatic rings. The summed E-state index contributed by atoms with van der Waals surface area (Å²) in [6, 6.07) is 25.8. The number of aromatic nitrogens is 1. The van der Waals surface area contributed by atoms with Crippen LogP contribution in [0.25, 0.3) is 32.9 Å². The highest BCUT2D eigenvalue weighted by molar-refractivity contribution is 6.36. The van der Waals surface area contributed by atoms with Crippen LogP contribution in [-0.4, -0.2) is 10.5 Å². The van der Waals surface area contributed by atoms with Crippen LogP contribution in [0.5, 0.6) is 0 Å². The first-order valence-electron chi connectivity index (χ1n) is 10.3. The minimum Gasteiger partial charge on any atom is -0.366 e. The first-order chi connectivity index (χ1) is 15.4. The van der Waals surface area contributed by atoms with Crippen LogP contribution in [0.1, 0.15) is 21.5 Å². The van der Waals surface area contributed by atoms with Crippen molar-refractivity contribution in [3.05, 3.63) is 106 Å². The van der Waals surface area contributed by atoms with Gasteiger partial charge in [-0.2, -0.15) is 0 Å². The molecule has 158 valence electrons. The Morgan fingerprint density at radius 3 is 2.47 bits per heavy atom. The van der Waals surface area contributed by atoms with E-state index in [-0.39, 0.29) is 0 Å². The van der Waals surface area contributed by atoms with Gasteiger partial charge in [-0.1, -0.05) is 77.3 Å². The zero-order valence-electron chi connectivity index (χ0n) is 17.4. The normalized spacial score (nSPS) is 11.3. The molecule has 0 bridgehead atoms. The monoisotopic (exact) mass is 458 g/mol. The maximum atomic E-state index is 12.2. The van der Waals surface area contributed by atoms with E-state index >= 15 is 0 Å². The number of benzene rings is 4. The molecule has 0 spiro atoms. The molecule has 0 aliphatic carbocycles. The van der Waals surface area contributed by atoms with Gasteiger partial charge in [0.25, 0.3) is 0 Å². The Kier molecular flexibility index (Phi) is 5.16. The smallest absolute Gasteiger partial charge is 0.249 e. The van der Waals surface area contributed by atoms with Gasteiger partial charge in [0.15, 0.2) is 0 Å². The van der Waals surface area contributed by atoms with Crippen LogP contribution in [0.15, 0.2) is 78.9 Å². The van der Waals surface area contributed by atoms with Gasteiger partial charge in [-0.05, 0) is 48.4 Å². The molecule has 5 rings (SSSR count). The molecule has 0 radical (unpaired) electrons. The molecular weight excluding hydrogens is 439 g/mol. The van der Waals surface area contributed by atoms with Gasteiger partial charge < -0.3 is 10.3 Å². The Morgan fingerprint density at radius 2 is 1.72 bits per heavy atom. The number of rotatable bonds is 4. The first kappa shape index (κ1) is 20.6. The molecule has 5 aromatic rings. The van der Waals surface area contributed by atoms with Gasteiger partial charge in [0, 0.05) is 38.5 Å². The number of primary amides is 1. The number of halogens is 2. The van der Waals surface area contributed by atoms with E-state index in [0.717, 1.165) is 32.9 Å². The summed E-state index contributed by atoms with van der Waals surface area (Å²) < 4.78 is 2.24. The van der Waals surface area contributed by atoms with E-state index in [0.29, 0.717) is 22.2 Å². The van der Waals surface area contributed by atoms with Gasteiger partial charge >= 0.3 is 0 Å². The lowest BCUT2D eigenvalue weighted by molar-refractivity contribution is 0.100. The number of amides is 1. The van der Waals surface area contributed by atoms with Crippen molar-refractivity contribution < 1.29 is 4.79 Å². The van der Waals surface area contributed by atoms with Crippen LogP contribution in [0, 0.1) is 6.92 Å². The average Bonchev–Trinajstić information content (AvgIpc) is 3.07. The molecule has 2 N–H and O–H groups in total. The first-order valence-corrected chi connectivity index (χ1v) is 11.0. The average molecular weight is 459 g/mol. The van der Waals surface area contributed by atoms with Gasteiger partial charge in [-0.25, -0.2) is 0 Å². The molecule has 1 heterocycles. The van der Waals surface area contributed by atoms with E-state index in [9.17, 15) is 4.79 Å². The van der Waals surface area contributed by atoms with Gasteiger partial charge in [-0.3, -0.25) is 4.79 Å². The molecule has 1 aromatic heterocycles. The second-order valence-electron chi connectivity index (χ2n) is 8.00. The van der Waals surface area contributed by atoms with Crippen molar-refractivity contribution in [3.63, 3.8) is 0 Å². The summed E-state index contributed by atoms with van der Waals surface area (Å²) in [4.78, 5) is 12.2. The summed E-state index contributed by atoms with van der Waals surface area (Å²) in [7, 11) is 0. The molecule has 3 nitrogen and oxygen atoms in total. The van der Waals surface area contributed by atoms with Gasteiger partial charge in [0.05, 0.1) is 11.0 Å². The number of carbonyl (C=O) groups is 1. The number of fused-ring (bicyclic) bond motifs is 3. The maximum Gasteiger partial charge on any atom is 0.249 e. The Balaban J connectivity index is 1.81. The van der Waals surface area contributed by atoms with E-state index < -0.39 is 5.91 Å². The Hall–Kier alpha value is -3.27. The van der Waals surface area contributed by atoms with Crippen LogP contribution in [-0.2, 0) is 6.54 Å². The number of hydrogen-bond acceptors (Lipinski definition) is 1. The van der Waals surface area contributed by atoms with Crippen molar-refractivity contribution >= 4 is 50.9 Å². The quantitative estimate of drug-likeness (QED) is 0.303. The minimum atomic E-state index is -0.435. The second-order valence-corrected chi connectivity index (χ2v) is 8.84. The third kappa shape index (κ3) is 3.54. The minimum absolute atomic E-state index is 0.435. The number of hydrogen-bond donors (Lipinski definition) is 1. The highest BCUT2D eigenvalue weighted by atomic mass is 35.5. The lowest BCUT2D eigenvalue weighted by atomic mass is 10.0. The van der Waals surface area contributed by atoms with Crippen LogP contribution in [0.4, 0.5) is 0 Å². The van der Waals surface area contributed by atoms with Crippen molar-refractivity contribution in [2.45, 2.75) is 13.5 Å². The molecule has 0 saturated carbocycles. The lowest BCUT2D eigenvalue weighted by Gasteiger charge is -2.10. The highest BCUT2D eigenvalue weighted by Gasteiger charge is 2.18. The van der Waals surface area contributed by atoms with Gasteiger partial charge in [0.1, 0.15) is 0 Å². The highest BCUT2D eigenvalue weighted by Crippen LogP contribution is 2.37. The number of carbonyl (C=O) groups excluding carboxylic acids is 1. The Labute approximate surface area is 196 Å². The van der Waals surface area contributed by atoms with E-state index in [1.807, 2.05) is 36.4 Å². The summed E-state index contributed by atoms with van der Waals surface area (Å²) in [5, 5.41) is 3.04. The fourth-order valence-electron chi connectivity index (χ4n) is 4.40. The summed E-state index contributed by atoms with van der Waals surface area (Å²) >= 11 is 12.6. The molecule has 0 atom stereocenters. The molecule has 4 aromatic carbocycles. The molecule has 1 amide bonds. The Morgan fingerprint density at radius 1 is 0.906 bits per heavy atom. The predicted molar refractivity (Wildman–Crippen MR) is 134 cm³/mol. The van der Waals surface area contributed by atoms with Crippen LogP contribution >= 0.6 is 23.2 Å². The number of aryl methyl sites for hydroxylation is 1. The maximum absolute atomic E-state index is 12.2. The standard InChI is InChI=1S/C27H20Cl2N2O/c1-16-4-2-5-17(12-16)15-31-24-7-3-6-22(27(30)32)26(24)21-10-8-18(13-25(21)31)20-11-9-19(28)14-23(20)29/h2-14H,15H2,1H3,(H2,30,32). The molecule has 5 heteroatoms. The SMILES string of the molecule is Cc1cccc(Cn2c3cc(-c4ccc(Cl)cc4Cl)ccc3c3c(C(N)=O)cccc32)c1. The van der Waals surface area contributed by atoms with Crippen LogP contribution in [0.2, 0.25) is 10.0 Å². The number of nitrogens with two attached hydrogens (primary N) is 1. The van der Waals surface area contributed by atoms with Crippen molar-refractivity contribution in [1.29, 1.82) is 0 Å². The predicted octanol–water partition coefficient (Wildman–Crippen LogP) is 7.22. The van der Waals surface area contributed by atoms with Crippen LogP contribution < -0.4 is 5.73 Å². The third-order valence-electron chi connectivity index (χ3n) is 5.82. The Bertz CT molecular complexity index is 1520. The summed E-state index contributed by atoms with van der Waals surface area (Å²) in [5.74, 6) is -0.435. The summed E-state index contributed by atoms with van der Waals surface area (Å²) in [6.07, 6.45) is 0. The molecule has 0 saturated heterocycles. The van der Waals surface area contributed by atoms with E-state index in [1.165, 1.54) is 11.1 Å². The van der Waals surface area contributed by atoms with Crippen LogP contribution in [0.3, 0.4) is 0 Å². The largest absolute Gasteiger partial charge is 0.366 e. The zero-order valence-corrected chi connectivity index (χ0v) is 18.9. The molecule has 0 fully saturated rings. The lowest BCUT2D eigenvalue weighted by Crippen LogP contribution is -2.11. The van der Waals surface area contributed by atoms with Crippen molar-refractivity contribution in [2.75, 3.05) is 0 Å². The molecule has 0 unspecified atom stereocenters. The van der Waals surface area contributed by atoms with Gasteiger partial charge in [0.2, 0.25) is 5.91 Å². The van der Waals surface area contributed by atoms with E-state index in [2.05, 4.69) is 41.8 Å². The summed E-state index contributed by atoms with van der Waals surface area (Å²) in [5.41, 5.74) is 12.5. The summed E-state index contributed by atoms with van der Waals surface area (Å²) in [6.45, 7) is 2.75. The van der Waals surface area contributed by atoms with Crippen molar-refractivity contribution in [3.8, 4) is 11.1 Å². The van der Waals surface area contributed by atoms with E-state index in [4.69, 9.17) is 28.9 Å². The van der Waals surface area contributed by atoms with Crippen molar-refractivity contribution in [1.82, 2.24) is 4.57 Å². The molecular formula is C27H20Cl2N2O. The second kappa shape index (κ2) is 8.01.